The van der Waals surface area contributed by atoms with Gasteiger partial charge in [0.05, 0.1) is 18.9 Å². The molecule has 78 valence electrons. The van der Waals surface area contributed by atoms with E-state index < -0.39 is 0 Å². The molecule has 0 saturated heterocycles. The molecule has 1 aromatic carbocycles. The van der Waals surface area contributed by atoms with Gasteiger partial charge in [-0.05, 0) is 38.1 Å². The summed E-state index contributed by atoms with van der Waals surface area (Å²) >= 11 is 0. The first-order valence-corrected chi connectivity index (χ1v) is 4.69. The van der Waals surface area contributed by atoms with Gasteiger partial charge in [-0.15, -0.1) is 5.23 Å². The van der Waals surface area contributed by atoms with Gasteiger partial charge in [-0.25, -0.2) is 9.68 Å². The Morgan fingerprint density at radius 2 is 1.57 bits per heavy atom. The topological polar surface area (TPSA) is 47.7 Å². The highest BCUT2D eigenvalue weighted by molar-refractivity contribution is 5.50. The zero-order valence-corrected chi connectivity index (χ0v) is 8.56. The Bertz CT molecular complexity index is 255. The van der Waals surface area contributed by atoms with E-state index in [2.05, 4.69) is 0 Å². The highest BCUT2D eigenvalue weighted by atomic mass is 16.9. The Labute approximate surface area is 84.1 Å². The Morgan fingerprint density at radius 1 is 1.07 bits per heavy atom. The maximum absolute atomic E-state index is 5.57. The first kappa shape index (κ1) is 10.8. The summed E-state index contributed by atoms with van der Waals surface area (Å²) < 4.78 is 0. The number of hydrogen-bond acceptors (Lipinski definition) is 4. The summed E-state index contributed by atoms with van der Waals surface area (Å²) in [5, 5.41) is 1.40. The number of benzene rings is 1. The van der Waals surface area contributed by atoms with Gasteiger partial charge in [-0.2, -0.15) is 0 Å². The molecule has 14 heavy (non-hydrogen) atoms. The zero-order chi connectivity index (χ0) is 10.4. The summed E-state index contributed by atoms with van der Waals surface area (Å²) in [7, 11) is 0. The van der Waals surface area contributed by atoms with Crippen LogP contribution in [0.4, 0.5) is 11.4 Å². The summed E-state index contributed by atoms with van der Waals surface area (Å²) in [6, 6.07) is 7.31. The zero-order valence-electron chi connectivity index (χ0n) is 8.56. The van der Waals surface area contributed by atoms with E-state index in [4.69, 9.17) is 15.4 Å². The van der Waals surface area contributed by atoms with Gasteiger partial charge < -0.3 is 5.73 Å². The maximum atomic E-state index is 5.57. The molecule has 4 nitrogen and oxygen atoms in total. The number of nitrogen functional groups attached to an aromatic ring is 1. The molecule has 4 heteroatoms. The van der Waals surface area contributed by atoms with E-state index >= 15 is 0 Å². The quantitative estimate of drug-likeness (QED) is 0.578. The number of nitrogens with two attached hydrogens (primary N) is 1. The third kappa shape index (κ3) is 2.90. The van der Waals surface area contributed by atoms with Crippen molar-refractivity contribution < 1.29 is 9.68 Å². The van der Waals surface area contributed by atoms with Crippen LogP contribution in [0.1, 0.15) is 13.8 Å². The van der Waals surface area contributed by atoms with Crippen molar-refractivity contribution >= 4 is 11.4 Å². The molecule has 1 aromatic rings. The van der Waals surface area contributed by atoms with Gasteiger partial charge in [-0.1, -0.05) is 0 Å². The minimum Gasteiger partial charge on any atom is -0.399 e. The fraction of sp³-hybridized carbons (Fsp3) is 0.400. The first-order chi connectivity index (χ1) is 6.77. The van der Waals surface area contributed by atoms with Crippen LogP contribution in [-0.4, -0.2) is 13.2 Å². The Morgan fingerprint density at radius 3 is 2.00 bits per heavy atom. The van der Waals surface area contributed by atoms with Crippen LogP contribution in [0.15, 0.2) is 24.3 Å². The molecular weight excluding hydrogens is 180 g/mol. The molecule has 0 spiro atoms. The summed E-state index contributed by atoms with van der Waals surface area (Å²) in [5.74, 6) is 0. The summed E-state index contributed by atoms with van der Waals surface area (Å²) in [6.45, 7) is 4.93. The lowest BCUT2D eigenvalue weighted by atomic mass is 10.3. The van der Waals surface area contributed by atoms with Crippen molar-refractivity contribution in [1.82, 2.24) is 0 Å². The fourth-order valence-electron chi connectivity index (χ4n) is 1.02. The Balaban J connectivity index is 2.71. The van der Waals surface area contributed by atoms with Crippen molar-refractivity contribution in [2.24, 2.45) is 0 Å². The van der Waals surface area contributed by atoms with Gasteiger partial charge in [0.15, 0.2) is 0 Å². The molecule has 0 unspecified atom stereocenters. The molecule has 0 bridgehead atoms. The first-order valence-electron chi connectivity index (χ1n) is 4.69. The van der Waals surface area contributed by atoms with E-state index in [9.17, 15) is 0 Å². The van der Waals surface area contributed by atoms with Crippen molar-refractivity contribution in [2.75, 3.05) is 24.2 Å². The molecule has 0 aliphatic carbocycles. The van der Waals surface area contributed by atoms with E-state index in [0.29, 0.717) is 13.2 Å². The highest BCUT2D eigenvalue weighted by Crippen LogP contribution is 2.16. The minimum absolute atomic E-state index is 0.560. The maximum Gasteiger partial charge on any atom is 0.0948 e. The van der Waals surface area contributed by atoms with Crippen molar-refractivity contribution in [3.05, 3.63) is 24.3 Å². The number of anilines is 2. The summed E-state index contributed by atoms with van der Waals surface area (Å²) in [4.78, 5) is 10.6. The van der Waals surface area contributed by atoms with Gasteiger partial charge in [0.2, 0.25) is 0 Å². The average Bonchev–Trinajstić information content (AvgIpc) is 2.19. The number of rotatable bonds is 5. The second-order valence-electron chi connectivity index (χ2n) is 2.68. The van der Waals surface area contributed by atoms with Crippen molar-refractivity contribution in [1.29, 1.82) is 0 Å². The second kappa shape index (κ2) is 5.47. The summed E-state index contributed by atoms with van der Waals surface area (Å²) in [6.07, 6.45) is 0. The second-order valence-corrected chi connectivity index (χ2v) is 2.68. The molecule has 0 aliphatic heterocycles. The van der Waals surface area contributed by atoms with Crippen molar-refractivity contribution in [3.8, 4) is 0 Å². The highest BCUT2D eigenvalue weighted by Gasteiger charge is 2.05. The smallest absolute Gasteiger partial charge is 0.0948 e. The molecular formula is C10H16N2O2. The SMILES string of the molecule is CCON(OCC)c1ccc(N)cc1. The van der Waals surface area contributed by atoms with Gasteiger partial charge in [0.1, 0.15) is 0 Å². The molecule has 0 radical (unpaired) electrons. The predicted octanol–water partition coefficient (Wildman–Crippen LogP) is 1.98. The van der Waals surface area contributed by atoms with Crippen LogP contribution in [0.3, 0.4) is 0 Å². The predicted molar refractivity (Wildman–Crippen MR) is 56.6 cm³/mol. The minimum atomic E-state index is 0.560. The average molecular weight is 196 g/mol. The van der Waals surface area contributed by atoms with Crippen LogP contribution < -0.4 is 11.0 Å². The summed E-state index contributed by atoms with van der Waals surface area (Å²) in [5.41, 5.74) is 7.13. The molecule has 0 saturated carbocycles. The van der Waals surface area contributed by atoms with Gasteiger partial charge in [0.25, 0.3) is 0 Å². The molecule has 0 heterocycles. The van der Waals surface area contributed by atoms with Gasteiger partial charge >= 0.3 is 0 Å². The van der Waals surface area contributed by atoms with E-state index in [-0.39, 0.29) is 0 Å². The lowest BCUT2D eigenvalue weighted by molar-refractivity contribution is -0.0817. The largest absolute Gasteiger partial charge is 0.399 e. The van der Waals surface area contributed by atoms with Crippen LogP contribution in [0.5, 0.6) is 0 Å². The van der Waals surface area contributed by atoms with Crippen molar-refractivity contribution in [2.45, 2.75) is 13.8 Å². The normalized spacial score (nSPS) is 10.1. The van der Waals surface area contributed by atoms with Crippen LogP contribution >= 0.6 is 0 Å². The van der Waals surface area contributed by atoms with Crippen LogP contribution in [0, 0.1) is 0 Å². The van der Waals surface area contributed by atoms with E-state index in [0.717, 1.165) is 11.4 Å². The van der Waals surface area contributed by atoms with E-state index in [1.54, 1.807) is 12.1 Å². The fourth-order valence-corrected chi connectivity index (χ4v) is 1.02. The van der Waals surface area contributed by atoms with Gasteiger partial charge in [0, 0.05) is 5.69 Å². The van der Waals surface area contributed by atoms with Crippen LogP contribution in [0.2, 0.25) is 0 Å². The van der Waals surface area contributed by atoms with Crippen LogP contribution in [-0.2, 0) is 9.68 Å². The number of hydrogen-bond donors (Lipinski definition) is 1. The molecule has 0 aliphatic rings. The third-order valence-electron chi connectivity index (χ3n) is 1.60. The molecule has 1 rings (SSSR count). The Hall–Kier alpha value is -1.26. The van der Waals surface area contributed by atoms with Gasteiger partial charge in [-0.3, -0.25) is 0 Å². The number of nitrogens with zero attached hydrogens (tertiary/aromatic N) is 1. The van der Waals surface area contributed by atoms with E-state index in [1.165, 1.54) is 5.23 Å². The van der Waals surface area contributed by atoms with Crippen molar-refractivity contribution in [3.63, 3.8) is 0 Å². The molecule has 0 fully saturated rings. The molecule has 0 amide bonds. The lowest BCUT2D eigenvalue weighted by Gasteiger charge is -2.21. The Kier molecular flexibility index (Phi) is 4.22. The molecule has 2 N–H and O–H groups in total. The van der Waals surface area contributed by atoms with E-state index in [1.807, 2.05) is 26.0 Å². The lowest BCUT2D eigenvalue weighted by Crippen LogP contribution is -2.23. The standard InChI is InChI=1S/C10H16N2O2/c1-3-13-12(14-4-2)10-7-5-9(11)6-8-10/h5-8H,3-4,11H2,1-2H3. The molecule has 0 aromatic heterocycles. The van der Waals surface area contributed by atoms with Crippen LogP contribution in [0.25, 0.3) is 0 Å². The third-order valence-corrected chi connectivity index (χ3v) is 1.60. The molecule has 0 atom stereocenters. The monoisotopic (exact) mass is 196 g/mol.